The van der Waals surface area contributed by atoms with E-state index in [0.29, 0.717) is 24.9 Å². The highest BCUT2D eigenvalue weighted by atomic mass is 16.6. The maximum Gasteiger partial charge on any atom is 0.333 e. The van der Waals surface area contributed by atoms with Crippen LogP contribution in [0.4, 0.5) is 11.4 Å². The molecule has 2 rings (SSSR count). The maximum absolute atomic E-state index is 11.1. The lowest BCUT2D eigenvalue weighted by Crippen LogP contribution is -2.18. The summed E-state index contributed by atoms with van der Waals surface area (Å²) in [7, 11) is 1.38. The van der Waals surface area contributed by atoms with E-state index in [1.807, 2.05) is 0 Å². The van der Waals surface area contributed by atoms with Gasteiger partial charge in [0.2, 0.25) is 0 Å². The van der Waals surface area contributed by atoms with Gasteiger partial charge in [-0.1, -0.05) is 6.07 Å². The van der Waals surface area contributed by atoms with E-state index in [9.17, 15) is 14.9 Å². The highest BCUT2D eigenvalue weighted by Gasteiger charge is 2.31. The zero-order chi connectivity index (χ0) is 14.7. The summed E-state index contributed by atoms with van der Waals surface area (Å²) in [6.45, 7) is 0. The second-order valence-corrected chi connectivity index (χ2v) is 4.80. The Kier molecular flexibility index (Phi) is 4.07. The van der Waals surface area contributed by atoms with Crippen LogP contribution in [0.1, 0.15) is 19.3 Å². The molecule has 0 spiro atoms. The molecular weight excluding hydrogens is 264 g/mol. The summed E-state index contributed by atoms with van der Waals surface area (Å²) >= 11 is 0. The number of carboxylic acid groups (broad SMARTS) is 1. The van der Waals surface area contributed by atoms with Crippen LogP contribution >= 0.6 is 0 Å². The first-order chi connectivity index (χ1) is 9.52. The number of rotatable bonds is 5. The second kappa shape index (κ2) is 5.77. The number of nitro benzene ring substituents is 1. The van der Waals surface area contributed by atoms with Crippen LogP contribution in [0.25, 0.3) is 0 Å². The fourth-order valence-electron chi connectivity index (χ4n) is 2.55. The summed E-state index contributed by atoms with van der Waals surface area (Å²) < 4.78 is 5.00. The largest absolute Gasteiger partial charge is 0.490 e. The number of nitrogens with one attached hydrogen (secondary N) is 1. The molecule has 2 unspecified atom stereocenters. The summed E-state index contributed by atoms with van der Waals surface area (Å²) in [4.78, 5) is 21.6. The Hall–Kier alpha value is -2.31. The summed E-state index contributed by atoms with van der Waals surface area (Å²) in [6, 6.07) is 4.73. The monoisotopic (exact) mass is 280 g/mol. The quantitative estimate of drug-likeness (QED) is 0.633. The molecule has 20 heavy (non-hydrogen) atoms. The lowest BCUT2D eigenvalue weighted by Gasteiger charge is -2.15. The van der Waals surface area contributed by atoms with Crippen molar-refractivity contribution in [3.05, 3.63) is 28.3 Å². The highest BCUT2D eigenvalue weighted by Crippen LogP contribution is 2.37. The molecule has 0 heterocycles. The Labute approximate surface area is 115 Å². The summed E-state index contributed by atoms with van der Waals surface area (Å²) in [5.74, 6) is -1.00. The van der Waals surface area contributed by atoms with E-state index in [-0.39, 0.29) is 23.4 Å². The van der Waals surface area contributed by atoms with Crippen LogP contribution in [0.15, 0.2) is 18.2 Å². The van der Waals surface area contributed by atoms with Gasteiger partial charge in [0.15, 0.2) is 5.75 Å². The molecule has 0 radical (unpaired) electrons. The lowest BCUT2D eigenvalue weighted by atomic mass is 10.1. The van der Waals surface area contributed by atoms with Gasteiger partial charge in [0.1, 0.15) is 5.69 Å². The lowest BCUT2D eigenvalue weighted by molar-refractivity contribution is -0.384. The molecule has 0 aromatic heterocycles. The number of aliphatic carboxylic acids is 1. The van der Waals surface area contributed by atoms with Crippen molar-refractivity contribution >= 4 is 17.3 Å². The standard InChI is InChI=1S/C13H16N2O5/c1-20-11-4-2-3-10(12(11)15(18)19)14-9-6-5-8(7-9)13(16)17/h2-4,8-9,14H,5-7H2,1H3,(H,16,17). The third-order valence-electron chi connectivity index (χ3n) is 3.54. The molecule has 1 fully saturated rings. The molecule has 108 valence electrons. The molecule has 2 atom stereocenters. The molecule has 1 aliphatic carbocycles. The number of hydrogen-bond donors (Lipinski definition) is 2. The Morgan fingerprint density at radius 3 is 2.80 bits per heavy atom. The molecular formula is C13H16N2O5. The number of anilines is 1. The first-order valence-electron chi connectivity index (χ1n) is 6.33. The van der Waals surface area contributed by atoms with Gasteiger partial charge in [-0.05, 0) is 31.4 Å². The summed E-state index contributed by atoms with van der Waals surface area (Å²) in [6.07, 6.45) is 1.75. The number of hydrogen-bond acceptors (Lipinski definition) is 5. The number of carbonyl (C=O) groups is 1. The topological polar surface area (TPSA) is 102 Å². The molecule has 0 amide bonds. The molecule has 1 aromatic carbocycles. The van der Waals surface area contributed by atoms with Gasteiger partial charge >= 0.3 is 11.7 Å². The predicted molar refractivity (Wildman–Crippen MR) is 72.0 cm³/mol. The van der Waals surface area contributed by atoms with Crippen molar-refractivity contribution in [2.75, 3.05) is 12.4 Å². The number of ether oxygens (including phenoxy) is 1. The third kappa shape index (κ3) is 2.81. The molecule has 0 bridgehead atoms. The van der Waals surface area contributed by atoms with Gasteiger partial charge in [0.25, 0.3) is 0 Å². The molecule has 0 saturated heterocycles. The van der Waals surface area contributed by atoms with Crippen LogP contribution in [0.5, 0.6) is 5.75 Å². The minimum atomic E-state index is -0.811. The van der Waals surface area contributed by atoms with E-state index >= 15 is 0 Å². The van der Waals surface area contributed by atoms with E-state index in [4.69, 9.17) is 9.84 Å². The van der Waals surface area contributed by atoms with Gasteiger partial charge in [0, 0.05) is 6.04 Å². The first kappa shape index (κ1) is 14.1. The Bertz CT molecular complexity index is 531. The van der Waals surface area contributed by atoms with Crippen molar-refractivity contribution in [3.8, 4) is 5.75 Å². The average Bonchev–Trinajstić information content (AvgIpc) is 2.86. The van der Waals surface area contributed by atoms with Crippen LogP contribution in [-0.2, 0) is 4.79 Å². The number of benzene rings is 1. The smallest absolute Gasteiger partial charge is 0.333 e. The highest BCUT2D eigenvalue weighted by molar-refractivity contribution is 5.71. The van der Waals surface area contributed by atoms with E-state index < -0.39 is 10.9 Å². The molecule has 1 saturated carbocycles. The summed E-state index contributed by atoms with van der Waals surface area (Å²) in [5, 5.41) is 23.2. The third-order valence-corrected chi connectivity index (χ3v) is 3.54. The van der Waals surface area contributed by atoms with Crippen molar-refractivity contribution in [3.63, 3.8) is 0 Å². The predicted octanol–water partition coefficient (Wildman–Crippen LogP) is 2.27. The summed E-state index contributed by atoms with van der Waals surface area (Å²) in [5.41, 5.74) is 0.249. The van der Waals surface area contributed by atoms with Crippen molar-refractivity contribution in [2.45, 2.75) is 25.3 Å². The zero-order valence-corrected chi connectivity index (χ0v) is 11.0. The number of nitrogens with zero attached hydrogens (tertiary/aromatic N) is 1. The molecule has 1 aliphatic rings. The minimum Gasteiger partial charge on any atom is -0.490 e. The van der Waals surface area contributed by atoms with Crippen molar-refractivity contribution in [2.24, 2.45) is 5.92 Å². The molecule has 0 aliphatic heterocycles. The van der Waals surface area contributed by atoms with Crippen molar-refractivity contribution in [1.82, 2.24) is 0 Å². The Balaban J connectivity index is 2.18. The normalized spacial score (nSPS) is 21.4. The van der Waals surface area contributed by atoms with E-state index in [0.717, 1.165) is 0 Å². The van der Waals surface area contributed by atoms with E-state index in [1.165, 1.54) is 13.2 Å². The number of carboxylic acids is 1. The van der Waals surface area contributed by atoms with Crippen molar-refractivity contribution < 1.29 is 19.6 Å². The Morgan fingerprint density at radius 1 is 1.50 bits per heavy atom. The molecule has 1 aromatic rings. The van der Waals surface area contributed by atoms with Crippen LogP contribution in [0.2, 0.25) is 0 Å². The first-order valence-corrected chi connectivity index (χ1v) is 6.33. The number of para-hydroxylation sites is 1. The zero-order valence-electron chi connectivity index (χ0n) is 11.0. The van der Waals surface area contributed by atoms with Gasteiger partial charge in [0.05, 0.1) is 18.0 Å². The van der Waals surface area contributed by atoms with Crippen molar-refractivity contribution in [1.29, 1.82) is 0 Å². The average molecular weight is 280 g/mol. The van der Waals surface area contributed by atoms with Crippen LogP contribution in [0.3, 0.4) is 0 Å². The van der Waals surface area contributed by atoms with Gasteiger partial charge < -0.3 is 15.2 Å². The van der Waals surface area contributed by atoms with Crippen LogP contribution in [-0.4, -0.2) is 29.2 Å². The van der Waals surface area contributed by atoms with Gasteiger partial charge in [-0.3, -0.25) is 14.9 Å². The maximum atomic E-state index is 11.1. The Morgan fingerprint density at radius 2 is 2.25 bits per heavy atom. The number of methoxy groups -OCH3 is 1. The van der Waals surface area contributed by atoms with Gasteiger partial charge in [-0.15, -0.1) is 0 Å². The fourth-order valence-corrected chi connectivity index (χ4v) is 2.55. The SMILES string of the molecule is COc1cccc(NC2CCC(C(=O)O)C2)c1[N+](=O)[O-]. The van der Waals surface area contributed by atoms with Gasteiger partial charge in [-0.25, -0.2) is 0 Å². The number of nitro groups is 1. The second-order valence-electron chi connectivity index (χ2n) is 4.80. The van der Waals surface area contributed by atoms with E-state index in [2.05, 4.69) is 5.32 Å². The fraction of sp³-hybridized carbons (Fsp3) is 0.462. The molecule has 2 N–H and O–H groups in total. The molecule has 7 nitrogen and oxygen atoms in total. The minimum absolute atomic E-state index is 0.0677. The van der Waals surface area contributed by atoms with Crippen LogP contribution in [0, 0.1) is 16.0 Å². The molecule has 7 heteroatoms. The van der Waals surface area contributed by atoms with E-state index in [1.54, 1.807) is 12.1 Å². The van der Waals surface area contributed by atoms with Crippen LogP contribution < -0.4 is 10.1 Å². The van der Waals surface area contributed by atoms with Gasteiger partial charge in [-0.2, -0.15) is 0 Å².